The molecular formula is C13H21N5O. The summed E-state index contributed by atoms with van der Waals surface area (Å²) in [6.07, 6.45) is 5.48. The first-order valence-corrected chi connectivity index (χ1v) is 6.75. The molecule has 1 amide bonds. The molecule has 0 bridgehead atoms. The molecule has 6 heteroatoms. The van der Waals surface area contributed by atoms with Crippen molar-refractivity contribution < 1.29 is 4.79 Å². The van der Waals surface area contributed by atoms with E-state index in [9.17, 15) is 4.79 Å². The van der Waals surface area contributed by atoms with Gasteiger partial charge in [0.2, 0.25) is 5.91 Å². The number of aromatic nitrogens is 2. The van der Waals surface area contributed by atoms with Crippen LogP contribution >= 0.6 is 0 Å². The second-order valence-electron chi connectivity index (χ2n) is 4.82. The number of nitrogens with zero attached hydrogens (tertiary/aromatic N) is 3. The number of rotatable bonds is 5. The Morgan fingerprint density at radius 2 is 2.26 bits per heavy atom. The van der Waals surface area contributed by atoms with Gasteiger partial charge >= 0.3 is 0 Å². The lowest BCUT2D eigenvalue weighted by Gasteiger charge is -2.31. The zero-order valence-electron chi connectivity index (χ0n) is 11.1. The summed E-state index contributed by atoms with van der Waals surface area (Å²) >= 11 is 0. The molecule has 0 saturated carbocycles. The molecule has 2 rings (SSSR count). The van der Waals surface area contributed by atoms with Gasteiger partial charge in [-0.15, -0.1) is 0 Å². The summed E-state index contributed by atoms with van der Waals surface area (Å²) in [6, 6.07) is 1.81. The highest BCUT2D eigenvalue weighted by molar-refractivity contribution is 5.78. The molecule has 1 aliphatic heterocycles. The maximum atomic E-state index is 11.9. The highest BCUT2D eigenvalue weighted by atomic mass is 16.1. The van der Waals surface area contributed by atoms with Crippen molar-refractivity contribution in [1.82, 2.24) is 20.2 Å². The van der Waals surface area contributed by atoms with Crippen LogP contribution in [0.1, 0.15) is 18.7 Å². The second-order valence-corrected chi connectivity index (χ2v) is 4.82. The number of nitrogens with two attached hydrogens (primary N) is 1. The van der Waals surface area contributed by atoms with Gasteiger partial charge in [-0.25, -0.2) is 9.97 Å². The molecule has 1 aromatic rings. The number of amides is 1. The Morgan fingerprint density at radius 3 is 3.00 bits per heavy atom. The van der Waals surface area contributed by atoms with Crippen molar-refractivity contribution in [1.29, 1.82) is 0 Å². The topological polar surface area (TPSA) is 84.1 Å². The SMILES string of the molecule is NCCNC(=O)C1CCCN(Cc2ncccn2)C1. The third-order valence-electron chi connectivity index (χ3n) is 3.30. The lowest BCUT2D eigenvalue weighted by atomic mass is 9.97. The number of carbonyl (C=O) groups is 1. The number of nitrogens with one attached hydrogen (secondary N) is 1. The number of carbonyl (C=O) groups excluding carboxylic acids is 1. The smallest absolute Gasteiger partial charge is 0.224 e. The zero-order chi connectivity index (χ0) is 13.5. The third kappa shape index (κ3) is 4.25. The van der Waals surface area contributed by atoms with E-state index in [2.05, 4.69) is 20.2 Å². The van der Waals surface area contributed by atoms with E-state index in [0.717, 1.165) is 31.8 Å². The highest BCUT2D eigenvalue weighted by Gasteiger charge is 2.25. The largest absolute Gasteiger partial charge is 0.355 e. The third-order valence-corrected chi connectivity index (χ3v) is 3.30. The van der Waals surface area contributed by atoms with Crippen LogP contribution in [-0.2, 0) is 11.3 Å². The monoisotopic (exact) mass is 263 g/mol. The van der Waals surface area contributed by atoms with Crippen LogP contribution in [0.4, 0.5) is 0 Å². The molecule has 1 unspecified atom stereocenters. The van der Waals surface area contributed by atoms with Crippen LogP contribution < -0.4 is 11.1 Å². The van der Waals surface area contributed by atoms with Crippen molar-refractivity contribution in [3.63, 3.8) is 0 Å². The highest BCUT2D eigenvalue weighted by Crippen LogP contribution is 2.17. The first-order valence-electron chi connectivity index (χ1n) is 6.75. The van der Waals surface area contributed by atoms with Crippen LogP contribution in [0.25, 0.3) is 0 Å². The molecule has 0 aromatic carbocycles. The van der Waals surface area contributed by atoms with E-state index in [1.54, 1.807) is 12.4 Å². The van der Waals surface area contributed by atoms with Crippen LogP contribution in [0, 0.1) is 5.92 Å². The standard InChI is InChI=1S/C13H21N5O/c14-4-7-17-13(19)11-3-1-8-18(9-11)10-12-15-5-2-6-16-12/h2,5-6,11H,1,3-4,7-10,14H2,(H,17,19). The van der Waals surface area contributed by atoms with Crippen molar-refractivity contribution in [3.05, 3.63) is 24.3 Å². The molecule has 104 valence electrons. The quantitative estimate of drug-likeness (QED) is 0.766. The Balaban J connectivity index is 1.85. The predicted octanol–water partition coefficient (Wildman–Crippen LogP) is -0.236. The zero-order valence-corrected chi connectivity index (χ0v) is 11.1. The van der Waals surface area contributed by atoms with Crippen LogP contribution in [0.2, 0.25) is 0 Å². The number of hydrogen-bond donors (Lipinski definition) is 2. The van der Waals surface area contributed by atoms with Gasteiger partial charge in [0.25, 0.3) is 0 Å². The summed E-state index contributed by atoms with van der Waals surface area (Å²) in [4.78, 5) is 22.6. The predicted molar refractivity (Wildman–Crippen MR) is 72.1 cm³/mol. The van der Waals surface area contributed by atoms with Crippen molar-refractivity contribution in [3.8, 4) is 0 Å². The molecule has 2 heterocycles. The van der Waals surface area contributed by atoms with E-state index >= 15 is 0 Å². The Labute approximate surface area is 113 Å². The van der Waals surface area contributed by atoms with Gasteiger partial charge in [-0.05, 0) is 25.5 Å². The van der Waals surface area contributed by atoms with Gasteiger partial charge in [0.05, 0.1) is 12.5 Å². The van der Waals surface area contributed by atoms with Crippen LogP contribution in [0.5, 0.6) is 0 Å². The molecule has 1 atom stereocenters. The molecule has 0 radical (unpaired) electrons. The summed E-state index contributed by atoms with van der Waals surface area (Å²) in [5.74, 6) is 0.985. The summed E-state index contributed by atoms with van der Waals surface area (Å²) in [5, 5.41) is 2.86. The fourth-order valence-corrected chi connectivity index (χ4v) is 2.36. The second kappa shape index (κ2) is 7.16. The van der Waals surface area contributed by atoms with E-state index in [1.807, 2.05) is 6.07 Å². The lowest BCUT2D eigenvalue weighted by molar-refractivity contribution is -0.126. The molecule has 0 spiro atoms. The summed E-state index contributed by atoms with van der Waals surface area (Å²) in [6.45, 7) is 3.52. The molecule has 19 heavy (non-hydrogen) atoms. The van der Waals surface area contributed by atoms with Gasteiger partial charge in [0, 0.05) is 32.0 Å². The molecule has 1 aliphatic rings. The van der Waals surface area contributed by atoms with Gasteiger partial charge in [0.1, 0.15) is 5.82 Å². The molecule has 3 N–H and O–H groups in total. The van der Waals surface area contributed by atoms with E-state index in [4.69, 9.17) is 5.73 Å². The van der Waals surface area contributed by atoms with E-state index in [0.29, 0.717) is 19.6 Å². The first-order chi connectivity index (χ1) is 9.29. The van der Waals surface area contributed by atoms with Crippen molar-refractivity contribution in [2.75, 3.05) is 26.2 Å². The van der Waals surface area contributed by atoms with Gasteiger partial charge in [-0.2, -0.15) is 0 Å². The fraction of sp³-hybridized carbons (Fsp3) is 0.615. The number of piperidine rings is 1. The van der Waals surface area contributed by atoms with Gasteiger partial charge in [0.15, 0.2) is 0 Å². The molecular weight excluding hydrogens is 242 g/mol. The maximum Gasteiger partial charge on any atom is 0.224 e. The van der Waals surface area contributed by atoms with Crippen LogP contribution in [0.3, 0.4) is 0 Å². The molecule has 0 aliphatic carbocycles. The van der Waals surface area contributed by atoms with Crippen molar-refractivity contribution >= 4 is 5.91 Å². The minimum absolute atomic E-state index is 0.0593. The molecule has 1 aromatic heterocycles. The van der Waals surface area contributed by atoms with E-state index in [-0.39, 0.29) is 11.8 Å². The van der Waals surface area contributed by atoms with Gasteiger partial charge in [-0.3, -0.25) is 9.69 Å². The average molecular weight is 263 g/mol. The average Bonchev–Trinajstić information content (AvgIpc) is 2.46. The minimum atomic E-state index is 0.0593. The van der Waals surface area contributed by atoms with E-state index in [1.165, 1.54) is 0 Å². The molecule has 1 saturated heterocycles. The first kappa shape index (κ1) is 13.9. The minimum Gasteiger partial charge on any atom is -0.355 e. The van der Waals surface area contributed by atoms with Crippen LogP contribution in [0.15, 0.2) is 18.5 Å². The van der Waals surface area contributed by atoms with Gasteiger partial charge in [-0.1, -0.05) is 0 Å². The number of likely N-dealkylation sites (tertiary alicyclic amines) is 1. The Kier molecular flexibility index (Phi) is 5.23. The van der Waals surface area contributed by atoms with Crippen molar-refractivity contribution in [2.24, 2.45) is 11.7 Å². The van der Waals surface area contributed by atoms with E-state index < -0.39 is 0 Å². The Morgan fingerprint density at radius 1 is 1.47 bits per heavy atom. The summed E-state index contributed by atoms with van der Waals surface area (Å²) in [5.41, 5.74) is 5.39. The number of hydrogen-bond acceptors (Lipinski definition) is 5. The Hall–Kier alpha value is -1.53. The maximum absolute atomic E-state index is 11.9. The summed E-state index contributed by atoms with van der Waals surface area (Å²) in [7, 11) is 0. The molecule has 6 nitrogen and oxygen atoms in total. The van der Waals surface area contributed by atoms with Gasteiger partial charge < -0.3 is 11.1 Å². The molecule has 1 fully saturated rings. The van der Waals surface area contributed by atoms with Crippen LogP contribution in [-0.4, -0.2) is 47.0 Å². The fourth-order valence-electron chi connectivity index (χ4n) is 2.36. The lowest BCUT2D eigenvalue weighted by Crippen LogP contribution is -2.43. The Bertz CT molecular complexity index is 397. The normalized spacial score (nSPS) is 20.2. The van der Waals surface area contributed by atoms with Crippen molar-refractivity contribution in [2.45, 2.75) is 19.4 Å². The summed E-state index contributed by atoms with van der Waals surface area (Å²) < 4.78 is 0.